The molecule has 5 nitrogen and oxygen atoms in total. The molecule has 1 heterocycles. The monoisotopic (exact) mass is 331 g/mol. The number of rotatable bonds is 6. The van der Waals surface area contributed by atoms with Crippen molar-refractivity contribution in [1.82, 2.24) is 14.9 Å². The molecule has 0 bridgehead atoms. The van der Waals surface area contributed by atoms with E-state index in [0.717, 1.165) is 24.1 Å². The van der Waals surface area contributed by atoms with Gasteiger partial charge in [-0.3, -0.25) is 9.59 Å². The minimum Gasteiger partial charge on any atom is -0.348 e. The summed E-state index contributed by atoms with van der Waals surface area (Å²) >= 11 is 1.27. The van der Waals surface area contributed by atoms with Gasteiger partial charge < -0.3 is 9.88 Å². The van der Waals surface area contributed by atoms with E-state index in [-0.39, 0.29) is 11.5 Å². The van der Waals surface area contributed by atoms with Crippen LogP contribution in [-0.2, 0) is 11.2 Å². The Bertz CT molecular complexity index is 713. The Labute approximate surface area is 140 Å². The third-order valence-electron chi connectivity index (χ3n) is 3.28. The van der Waals surface area contributed by atoms with E-state index in [0.29, 0.717) is 5.16 Å². The molecule has 0 aliphatic rings. The second-order valence-electron chi connectivity index (χ2n) is 5.43. The molecule has 0 aliphatic carbocycles. The predicted molar refractivity (Wildman–Crippen MR) is 92.6 cm³/mol. The molecule has 0 radical (unpaired) electrons. The van der Waals surface area contributed by atoms with Crippen LogP contribution in [-0.4, -0.2) is 34.9 Å². The molecule has 23 heavy (non-hydrogen) atoms. The summed E-state index contributed by atoms with van der Waals surface area (Å²) in [5, 5.41) is 0.0382. The molecule has 0 saturated heterocycles. The van der Waals surface area contributed by atoms with Crippen LogP contribution in [0.4, 0.5) is 0 Å². The van der Waals surface area contributed by atoms with Crippen LogP contribution in [0.15, 0.2) is 46.3 Å². The van der Waals surface area contributed by atoms with Crippen molar-refractivity contribution in [3.63, 3.8) is 0 Å². The average molecular weight is 331 g/mol. The van der Waals surface area contributed by atoms with Crippen LogP contribution in [0.25, 0.3) is 0 Å². The van der Waals surface area contributed by atoms with Crippen molar-refractivity contribution in [2.45, 2.75) is 30.2 Å². The van der Waals surface area contributed by atoms with Crippen LogP contribution in [0.5, 0.6) is 0 Å². The van der Waals surface area contributed by atoms with Crippen molar-refractivity contribution in [1.29, 1.82) is 0 Å². The quantitative estimate of drug-likeness (QED) is 0.653. The van der Waals surface area contributed by atoms with Gasteiger partial charge in [0.05, 0.1) is 0 Å². The van der Waals surface area contributed by atoms with Gasteiger partial charge in [0.25, 0.3) is 5.56 Å². The number of nitrogens with one attached hydrogen (secondary N) is 1. The van der Waals surface area contributed by atoms with Crippen LogP contribution in [0.3, 0.4) is 0 Å². The highest BCUT2D eigenvalue weighted by Crippen LogP contribution is 2.34. The Kier molecular flexibility index (Phi) is 5.98. The van der Waals surface area contributed by atoms with E-state index in [1.165, 1.54) is 17.8 Å². The first-order chi connectivity index (χ1) is 11.0. The predicted octanol–water partition coefficient (Wildman–Crippen LogP) is 2.64. The van der Waals surface area contributed by atoms with Gasteiger partial charge in [0.1, 0.15) is 5.25 Å². The summed E-state index contributed by atoms with van der Waals surface area (Å²) in [6.45, 7) is 2.04. The van der Waals surface area contributed by atoms with Crippen molar-refractivity contribution in [2.24, 2.45) is 0 Å². The molecule has 6 heteroatoms. The van der Waals surface area contributed by atoms with E-state index in [2.05, 4.69) is 9.97 Å². The number of amides is 1. The van der Waals surface area contributed by atoms with Crippen LogP contribution in [0, 0.1) is 0 Å². The lowest BCUT2D eigenvalue weighted by Gasteiger charge is -2.20. The Morgan fingerprint density at radius 2 is 2.00 bits per heavy atom. The minimum atomic E-state index is -0.439. The Balaban J connectivity index is 2.35. The van der Waals surface area contributed by atoms with Crippen molar-refractivity contribution < 1.29 is 4.79 Å². The zero-order chi connectivity index (χ0) is 16.8. The van der Waals surface area contributed by atoms with Crippen molar-refractivity contribution in [2.75, 3.05) is 14.1 Å². The number of aromatic amines is 1. The number of H-pyrrole nitrogens is 1. The van der Waals surface area contributed by atoms with E-state index in [4.69, 9.17) is 0 Å². The topological polar surface area (TPSA) is 66.1 Å². The molecular formula is C17H21N3O2S. The first-order valence-corrected chi connectivity index (χ1v) is 8.42. The molecule has 1 aromatic carbocycles. The number of aromatic nitrogens is 2. The molecule has 0 saturated carbocycles. The summed E-state index contributed by atoms with van der Waals surface area (Å²) in [5.74, 6) is -0.0373. The van der Waals surface area contributed by atoms with Crippen molar-refractivity contribution in [3.05, 3.63) is 58.0 Å². The van der Waals surface area contributed by atoms with E-state index in [1.807, 2.05) is 37.3 Å². The highest BCUT2D eigenvalue weighted by molar-refractivity contribution is 8.00. The van der Waals surface area contributed by atoms with Crippen LogP contribution < -0.4 is 5.56 Å². The molecule has 122 valence electrons. The number of aryl methyl sites for hydroxylation is 1. The van der Waals surface area contributed by atoms with Gasteiger partial charge in [0, 0.05) is 25.9 Å². The fourth-order valence-corrected chi connectivity index (χ4v) is 3.32. The molecule has 2 aromatic rings. The van der Waals surface area contributed by atoms with E-state index >= 15 is 0 Å². The number of hydrogen-bond acceptors (Lipinski definition) is 4. The zero-order valence-electron chi connectivity index (χ0n) is 13.6. The Morgan fingerprint density at radius 3 is 2.61 bits per heavy atom. The number of hydrogen-bond donors (Lipinski definition) is 1. The summed E-state index contributed by atoms with van der Waals surface area (Å²) in [6, 6.07) is 11.0. The van der Waals surface area contributed by atoms with Gasteiger partial charge in [-0.1, -0.05) is 55.4 Å². The van der Waals surface area contributed by atoms with Crippen molar-refractivity contribution >= 4 is 17.7 Å². The van der Waals surface area contributed by atoms with E-state index < -0.39 is 5.25 Å². The van der Waals surface area contributed by atoms with E-state index in [1.54, 1.807) is 19.0 Å². The molecular weight excluding hydrogens is 310 g/mol. The highest BCUT2D eigenvalue weighted by atomic mass is 32.2. The maximum absolute atomic E-state index is 12.5. The lowest BCUT2D eigenvalue weighted by atomic mass is 10.1. The fraction of sp³-hybridized carbons (Fsp3) is 0.353. The number of carbonyl (C=O) groups is 1. The van der Waals surface area contributed by atoms with Gasteiger partial charge in [-0.15, -0.1) is 0 Å². The van der Waals surface area contributed by atoms with E-state index in [9.17, 15) is 9.59 Å². The molecule has 1 amide bonds. The lowest BCUT2D eigenvalue weighted by Crippen LogP contribution is -2.27. The largest absolute Gasteiger partial charge is 0.348 e. The molecule has 0 fully saturated rings. The summed E-state index contributed by atoms with van der Waals surface area (Å²) in [5.41, 5.74) is 1.46. The standard InChI is InChI=1S/C17H21N3O2S/c1-4-8-13-11-14(21)19-17(18-13)23-15(16(22)20(2)3)12-9-6-5-7-10-12/h5-7,9-11,15H,4,8H2,1-3H3,(H,18,19,21)/t15-/m0/s1. The molecule has 1 atom stereocenters. The van der Waals surface area contributed by atoms with Crippen molar-refractivity contribution in [3.8, 4) is 0 Å². The number of nitrogens with zero attached hydrogens (tertiary/aromatic N) is 2. The second-order valence-corrected chi connectivity index (χ2v) is 6.53. The zero-order valence-corrected chi connectivity index (χ0v) is 14.4. The van der Waals surface area contributed by atoms with Gasteiger partial charge in [0.2, 0.25) is 5.91 Å². The fourth-order valence-electron chi connectivity index (χ4n) is 2.16. The molecule has 2 rings (SSSR count). The summed E-state index contributed by atoms with van der Waals surface area (Å²) in [7, 11) is 3.45. The van der Waals surface area contributed by atoms with Gasteiger partial charge in [-0.2, -0.15) is 0 Å². The SMILES string of the molecule is CCCc1cc(=O)[nH]c(S[C@H](C(=O)N(C)C)c2ccccc2)n1. The van der Waals surface area contributed by atoms with Crippen LogP contribution >= 0.6 is 11.8 Å². The summed E-state index contributed by atoms with van der Waals surface area (Å²) in [4.78, 5) is 33.1. The molecule has 1 N–H and O–H groups in total. The van der Waals surface area contributed by atoms with Crippen LogP contribution in [0.1, 0.15) is 29.9 Å². The first kappa shape index (κ1) is 17.3. The smallest absolute Gasteiger partial charge is 0.251 e. The summed E-state index contributed by atoms with van der Waals surface area (Å²) in [6.07, 6.45) is 1.66. The maximum Gasteiger partial charge on any atom is 0.251 e. The van der Waals surface area contributed by atoms with Gasteiger partial charge >= 0.3 is 0 Å². The third-order valence-corrected chi connectivity index (χ3v) is 4.40. The second kappa shape index (κ2) is 7.97. The molecule has 0 spiro atoms. The molecule has 0 aliphatic heterocycles. The summed E-state index contributed by atoms with van der Waals surface area (Å²) < 4.78 is 0. The Morgan fingerprint density at radius 1 is 1.30 bits per heavy atom. The average Bonchev–Trinajstić information content (AvgIpc) is 2.52. The maximum atomic E-state index is 12.5. The van der Waals surface area contributed by atoms with Gasteiger partial charge in [0.15, 0.2) is 5.16 Å². The molecule has 0 unspecified atom stereocenters. The first-order valence-electron chi connectivity index (χ1n) is 7.54. The number of likely N-dealkylation sites (N-methyl/N-ethyl adjacent to an activating group) is 1. The third kappa shape index (κ3) is 4.69. The number of thioether (sulfide) groups is 1. The number of carbonyl (C=O) groups excluding carboxylic acids is 1. The number of benzene rings is 1. The van der Waals surface area contributed by atoms with Crippen LogP contribution in [0.2, 0.25) is 0 Å². The van der Waals surface area contributed by atoms with Gasteiger partial charge in [-0.25, -0.2) is 4.98 Å². The minimum absolute atomic E-state index is 0.0373. The molecule has 1 aromatic heterocycles. The highest BCUT2D eigenvalue weighted by Gasteiger charge is 2.24. The van der Waals surface area contributed by atoms with Gasteiger partial charge in [-0.05, 0) is 12.0 Å². The lowest BCUT2D eigenvalue weighted by molar-refractivity contribution is -0.128. The Hall–Kier alpha value is -2.08. The normalized spacial score (nSPS) is 12.0.